The molecular formula is C14H18N2O3. The third-order valence-electron chi connectivity index (χ3n) is 3.45. The summed E-state index contributed by atoms with van der Waals surface area (Å²) in [6, 6.07) is 7.94. The van der Waals surface area contributed by atoms with Crippen molar-refractivity contribution in [2.75, 3.05) is 19.7 Å². The number of hydrogen-bond acceptors (Lipinski definition) is 4. The molecule has 1 heterocycles. The van der Waals surface area contributed by atoms with Crippen molar-refractivity contribution in [2.24, 2.45) is 5.73 Å². The molecule has 1 amide bonds. The Hall–Kier alpha value is -1.75. The van der Waals surface area contributed by atoms with Gasteiger partial charge in [0.05, 0.1) is 13.1 Å². The van der Waals surface area contributed by atoms with Gasteiger partial charge in [-0.3, -0.25) is 4.79 Å². The van der Waals surface area contributed by atoms with Gasteiger partial charge in [-0.2, -0.15) is 0 Å². The third-order valence-corrected chi connectivity index (χ3v) is 3.45. The van der Waals surface area contributed by atoms with Gasteiger partial charge in [-0.25, -0.2) is 0 Å². The predicted octanol–water partition coefficient (Wildman–Crippen LogP) is 0.776. The van der Waals surface area contributed by atoms with Crippen molar-refractivity contribution in [1.29, 1.82) is 0 Å². The summed E-state index contributed by atoms with van der Waals surface area (Å²) in [5.41, 5.74) is 5.46. The summed E-state index contributed by atoms with van der Waals surface area (Å²) in [6.45, 7) is 1.08. The van der Waals surface area contributed by atoms with Crippen LogP contribution in [-0.2, 0) is 4.79 Å². The first-order valence-corrected chi connectivity index (χ1v) is 6.66. The molecule has 1 aliphatic heterocycles. The lowest BCUT2D eigenvalue weighted by Crippen LogP contribution is -2.46. The SMILES string of the molecule is NCC(=O)N(C[C@@H]1COc2ccccc2O1)C1CC1. The quantitative estimate of drug-likeness (QED) is 0.870. The van der Waals surface area contributed by atoms with Crippen LogP contribution in [0.15, 0.2) is 24.3 Å². The molecule has 2 aliphatic rings. The lowest BCUT2D eigenvalue weighted by Gasteiger charge is -2.31. The third kappa shape index (κ3) is 2.66. The molecule has 1 fully saturated rings. The average Bonchev–Trinajstić information content (AvgIpc) is 3.28. The molecule has 2 N–H and O–H groups in total. The van der Waals surface area contributed by atoms with E-state index in [9.17, 15) is 4.79 Å². The lowest BCUT2D eigenvalue weighted by molar-refractivity contribution is -0.131. The van der Waals surface area contributed by atoms with E-state index in [1.165, 1.54) is 0 Å². The number of rotatable bonds is 4. The van der Waals surface area contributed by atoms with Crippen molar-refractivity contribution in [3.8, 4) is 11.5 Å². The highest BCUT2D eigenvalue weighted by molar-refractivity contribution is 5.78. The Balaban J connectivity index is 1.66. The predicted molar refractivity (Wildman–Crippen MR) is 70.1 cm³/mol. The molecule has 0 saturated heterocycles. The highest BCUT2D eigenvalue weighted by Crippen LogP contribution is 2.32. The molecule has 5 nitrogen and oxygen atoms in total. The van der Waals surface area contributed by atoms with Gasteiger partial charge in [-0.05, 0) is 25.0 Å². The van der Waals surface area contributed by atoms with E-state index in [1.54, 1.807) is 0 Å². The Kier molecular flexibility index (Phi) is 3.29. The summed E-state index contributed by atoms with van der Waals surface area (Å²) in [5, 5.41) is 0. The summed E-state index contributed by atoms with van der Waals surface area (Å²) in [7, 11) is 0. The normalized spacial score (nSPS) is 21.0. The molecule has 19 heavy (non-hydrogen) atoms. The lowest BCUT2D eigenvalue weighted by atomic mass is 10.2. The van der Waals surface area contributed by atoms with E-state index in [1.807, 2.05) is 29.2 Å². The van der Waals surface area contributed by atoms with Gasteiger partial charge in [0.25, 0.3) is 0 Å². The van der Waals surface area contributed by atoms with Gasteiger partial charge in [0, 0.05) is 6.04 Å². The first-order chi connectivity index (χ1) is 9.28. The first kappa shape index (κ1) is 12.3. The summed E-state index contributed by atoms with van der Waals surface area (Å²) in [6.07, 6.45) is 2.01. The molecule has 1 saturated carbocycles. The molecule has 0 bridgehead atoms. The second kappa shape index (κ2) is 5.09. The van der Waals surface area contributed by atoms with Crippen molar-refractivity contribution in [2.45, 2.75) is 25.0 Å². The van der Waals surface area contributed by atoms with Crippen LogP contribution in [0.25, 0.3) is 0 Å². The standard InChI is InChI=1S/C14H18N2O3/c15-7-14(17)16(10-5-6-10)8-11-9-18-12-3-1-2-4-13(12)19-11/h1-4,10-11H,5-9,15H2/t11-/m1/s1. The molecule has 102 valence electrons. The number of nitrogens with zero attached hydrogens (tertiary/aromatic N) is 1. The number of benzene rings is 1. The molecule has 5 heteroatoms. The first-order valence-electron chi connectivity index (χ1n) is 6.66. The van der Waals surface area contributed by atoms with E-state index < -0.39 is 0 Å². The van der Waals surface area contributed by atoms with Crippen molar-refractivity contribution in [1.82, 2.24) is 4.90 Å². The number of fused-ring (bicyclic) bond motifs is 1. The van der Waals surface area contributed by atoms with Crippen LogP contribution in [0.5, 0.6) is 11.5 Å². The number of para-hydroxylation sites is 2. The molecule has 1 aliphatic carbocycles. The van der Waals surface area contributed by atoms with Crippen LogP contribution < -0.4 is 15.2 Å². The van der Waals surface area contributed by atoms with Crippen LogP contribution in [0.3, 0.4) is 0 Å². The smallest absolute Gasteiger partial charge is 0.236 e. The van der Waals surface area contributed by atoms with E-state index in [2.05, 4.69) is 0 Å². The highest BCUT2D eigenvalue weighted by atomic mass is 16.6. The minimum absolute atomic E-state index is 0.00930. The van der Waals surface area contributed by atoms with Crippen LogP contribution in [0, 0.1) is 0 Å². The summed E-state index contributed by atoms with van der Waals surface area (Å²) in [5.74, 6) is 1.50. The van der Waals surface area contributed by atoms with Crippen LogP contribution in [0.2, 0.25) is 0 Å². The van der Waals surface area contributed by atoms with Crippen molar-refractivity contribution >= 4 is 5.91 Å². The van der Waals surface area contributed by atoms with Crippen LogP contribution >= 0.6 is 0 Å². The van der Waals surface area contributed by atoms with Crippen LogP contribution in [-0.4, -0.2) is 42.6 Å². The van der Waals surface area contributed by atoms with E-state index >= 15 is 0 Å². The van der Waals surface area contributed by atoms with E-state index in [0.717, 1.165) is 24.3 Å². The van der Waals surface area contributed by atoms with Gasteiger partial charge in [-0.15, -0.1) is 0 Å². The van der Waals surface area contributed by atoms with Crippen molar-refractivity contribution in [3.05, 3.63) is 24.3 Å². The fourth-order valence-corrected chi connectivity index (χ4v) is 2.33. The second-order valence-corrected chi connectivity index (χ2v) is 4.98. The molecule has 3 rings (SSSR count). The number of carbonyl (C=O) groups is 1. The summed E-state index contributed by atoms with van der Waals surface area (Å²) in [4.78, 5) is 13.7. The fraction of sp³-hybridized carbons (Fsp3) is 0.500. The number of carbonyl (C=O) groups excluding carboxylic acids is 1. The Morgan fingerprint density at radius 3 is 2.74 bits per heavy atom. The Bertz CT molecular complexity index is 474. The van der Waals surface area contributed by atoms with E-state index in [-0.39, 0.29) is 18.6 Å². The zero-order valence-corrected chi connectivity index (χ0v) is 10.7. The number of amides is 1. The average molecular weight is 262 g/mol. The van der Waals surface area contributed by atoms with Gasteiger partial charge in [0.15, 0.2) is 17.6 Å². The molecule has 0 aromatic heterocycles. The van der Waals surface area contributed by atoms with Gasteiger partial charge in [0.1, 0.15) is 6.61 Å². The van der Waals surface area contributed by atoms with Crippen molar-refractivity contribution < 1.29 is 14.3 Å². The highest BCUT2D eigenvalue weighted by Gasteiger charge is 2.35. The van der Waals surface area contributed by atoms with Gasteiger partial charge in [0.2, 0.25) is 5.91 Å². The molecule has 1 atom stereocenters. The fourth-order valence-electron chi connectivity index (χ4n) is 2.33. The molecular weight excluding hydrogens is 244 g/mol. The zero-order chi connectivity index (χ0) is 13.2. The second-order valence-electron chi connectivity index (χ2n) is 4.98. The van der Waals surface area contributed by atoms with E-state index in [4.69, 9.17) is 15.2 Å². The molecule has 0 radical (unpaired) electrons. The van der Waals surface area contributed by atoms with Gasteiger partial charge < -0.3 is 20.1 Å². The van der Waals surface area contributed by atoms with E-state index in [0.29, 0.717) is 19.2 Å². The molecule has 0 unspecified atom stereocenters. The molecule has 0 spiro atoms. The number of hydrogen-bond donors (Lipinski definition) is 1. The van der Waals surface area contributed by atoms with Gasteiger partial charge in [-0.1, -0.05) is 12.1 Å². The number of nitrogens with two attached hydrogens (primary N) is 1. The Morgan fingerprint density at radius 1 is 1.32 bits per heavy atom. The summed E-state index contributed by atoms with van der Waals surface area (Å²) >= 11 is 0. The molecule has 1 aromatic rings. The maximum Gasteiger partial charge on any atom is 0.236 e. The minimum Gasteiger partial charge on any atom is -0.486 e. The van der Waals surface area contributed by atoms with Crippen molar-refractivity contribution in [3.63, 3.8) is 0 Å². The maximum absolute atomic E-state index is 11.8. The topological polar surface area (TPSA) is 64.8 Å². The monoisotopic (exact) mass is 262 g/mol. The maximum atomic E-state index is 11.8. The Labute approximate surface area is 112 Å². The summed E-state index contributed by atoms with van der Waals surface area (Å²) < 4.78 is 11.5. The van der Waals surface area contributed by atoms with Crippen LogP contribution in [0.1, 0.15) is 12.8 Å². The number of ether oxygens (including phenoxy) is 2. The van der Waals surface area contributed by atoms with Gasteiger partial charge >= 0.3 is 0 Å². The largest absolute Gasteiger partial charge is 0.486 e. The Morgan fingerprint density at radius 2 is 2.05 bits per heavy atom. The van der Waals surface area contributed by atoms with Crippen LogP contribution in [0.4, 0.5) is 0 Å². The molecule has 1 aromatic carbocycles. The minimum atomic E-state index is -0.119. The zero-order valence-electron chi connectivity index (χ0n) is 10.7.